The molecule has 1 saturated carbocycles. The molecule has 4 rings (SSSR count). The number of hydrazone groups is 1. The van der Waals surface area contributed by atoms with E-state index in [1.54, 1.807) is 30.3 Å². The first-order chi connectivity index (χ1) is 14.9. The predicted octanol–water partition coefficient (Wildman–Crippen LogP) is 3.51. The Bertz CT molecular complexity index is 1120. The zero-order valence-corrected chi connectivity index (χ0v) is 19.8. The molecule has 1 fully saturated rings. The Hall–Kier alpha value is -2.21. The number of nitrogens with zero attached hydrogens (tertiary/aromatic N) is 3. The largest absolute Gasteiger partial charge is 0.449 e. The zero-order chi connectivity index (χ0) is 21.8. The second-order valence-corrected chi connectivity index (χ2v) is 10.2. The minimum atomic E-state index is -3.79. The van der Waals surface area contributed by atoms with Crippen LogP contribution in [-0.2, 0) is 14.8 Å². The summed E-state index contributed by atoms with van der Waals surface area (Å²) >= 11 is 2.05. The van der Waals surface area contributed by atoms with Gasteiger partial charge in [0.2, 0.25) is 5.91 Å². The summed E-state index contributed by atoms with van der Waals surface area (Å²) in [6.07, 6.45) is 7.16. The van der Waals surface area contributed by atoms with Crippen molar-refractivity contribution in [1.29, 1.82) is 0 Å². The lowest BCUT2D eigenvalue weighted by Gasteiger charge is -2.23. The van der Waals surface area contributed by atoms with Gasteiger partial charge in [-0.15, -0.1) is 4.40 Å². The smallest absolute Gasteiger partial charge is 0.285 e. The fourth-order valence-corrected chi connectivity index (χ4v) is 5.41. The Morgan fingerprint density at radius 3 is 2.74 bits per heavy atom. The van der Waals surface area contributed by atoms with Crippen molar-refractivity contribution in [1.82, 2.24) is 10.3 Å². The van der Waals surface area contributed by atoms with E-state index in [1.165, 1.54) is 23.7 Å². The lowest BCUT2D eigenvalue weighted by Crippen LogP contribution is -2.38. The predicted molar refractivity (Wildman–Crippen MR) is 126 cm³/mol. The fraction of sp³-hybridized carbons (Fsp3) is 0.381. The number of furan rings is 1. The first-order valence-electron chi connectivity index (χ1n) is 10.2. The molecule has 8 nitrogen and oxygen atoms in total. The van der Waals surface area contributed by atoms with E-state index in [9.17, 15) is 13.2 Å². The van der Waals surface area contributed by atoms with Crippen LogP contribution >= 0.6 is 22.6 Å². The maximum atomic E-state index is 12.5. The third-order valence-corrected chi connectivity index (χ3v) is 7.20. The van der Waals surface area contributed by atoms with Crippen molar-refractivity contribution >= 4 is 50.6 Å². The molecule has 1 aromatic heterocycles. The number of hydrogen-bond acceptors (Lipinski definition) is 6. The Labute approximate surface area is 195 Å². The van der Waals surface area contributed by atoms with Crippen molar-refractivity contribution in [3.05, 3.63) is 51.5 Å². The van der Waals surface area contributed by atoms with Gasteiger partial charge in [0.15, 0.2) is 9.60 Å². The molecule has 0 unspecified atom stereocenters. The number of hydrogen-bond donors (Lipinski definition) is 1. The summed E-state index contributed by atoms with van der Waals surface area (Å²) in [5.74, 6) is 0.656. The summed E-state index contributed by atoms with van der Waals surface area (Å²) < 4.78 is 35.1. The Morgan fingerprint density at radius 1 is 1.23 bits per heavy atom. The normalized spacial score (nSPS) is 18.0. The van der Waals surface area contributed by atoms with Gasteiger partial charge < -0.3 is 9.73 Å². The number of carbonyl (C=O) groups excluding carboxylic acids is 1. The number of sulfonamides is 1. The number of benzene rings is 1. The van der Waals surface area contributed by atoms with Crippen LogP contribution in [0.4, 0.5) is 0 Å². The van der Waals surface area contributed by atoms with Crippen molar-refractivity contribution in [2.75, 3.05) is 6.54 Å². The monoisotopic (exact) mass is 554 g/mol. The van der Waals surface area contributed by atoms with Gasteiger partial charge in [0, 0.05) is 18.0 Å². The number of amides is 1. The minimum absolute atomic E-state index is 0.0746. The van der Waals surface area contributed by atoms with E-state index in [2.05, 4.69) is 37.4 Å². The number of fused-ring (bicyclic) bond motifs is 1. The summed E-state index contributed by atoms with van der Waals surface area (Å²) in [6.45, 7) is 0.190. The molecule has 0 spiro atoms. The van der Waals surface area contributed by atoms with Gasteiger partial charge in [-0.25, -0.2) is 5.01 Å². The molecule has 2 aliphatic rings. The Morgan fingerprint density at radius 2 is 2.00 bits per heavy atom. The zero-order valence-electron chi connectivity index (χ0n) is 16.8. The molecule has 0 radical (unpaired) electrons. The molecule has 2 aromatic rings. The first kappa shape index (κ1) is 22.0. The van der Waals surface area contributed by atoms with Crippen molar-refractivity contribution in [2.24, 2.45) is 9.50 Å². The highest BCUT2D eigenvalue weighted by atomic mass is 127. The quantitative estimate of drug-likeness (QED) is 0.335. The van der Waals surface area contributed by atoms with Crippen molar-refractivity contribution < 1.29 is 17.6 Å². The van der Waals surface area contributed by atoms with Crippen LogP contribution in [0.2, 0.25) is 0 Å². The fourth-order valence-electron chi connectivity index (χ4n) is 3.77. The van der Waals surface area contributed by atoms with E-state index in [0.717, 1.165) is 25.7 Å². The van der Waals surface area contributed by atoms with Crippen molar-refractivity contribution in [3.63, 3.8) is 0 Å². The average molecular weight is 554 g/mol. The minimum Gasteiger partial charge on any atom is -0.449 e. The molecule has 0 atom stereocenters. The number of amidine groups is 1. The molecule has 164 valence electrons. The van der Waals surface area contributed by atoms with Crippen LogP contribution < -0.4 is 5.32 Å². The van der Waals surface area contributed by atoms with Gasteiger partial charge in [0.05, 0.1) is 12.8 Å². The molecule has 1 N–H and O–H groups in total. The maximum absolute atomic E-state index is 12.5. The molecule has 1 aliphatic heterocycles. The molecule has 1 aliphatic carbocycles. The summed E-state index contributed by atoms with van der Waals surface area (Å²) in [4.78, 5) is 12.7. The van der Waals surface area contributed by atoms with E-state index in [1.807, 2.05) is 0 Å². The van der Waals surface area contributed by atoms with Crippen LogP contribution in [0.5, 0.6) is 0 Å². The lowest BCUT2D eigenvalue weighted by atomic mass is 9.95. The van der Waals surface area contributed by atoms with Crippen LogP contribution in [-0.4, -0.2) is 44.0 Å². The van der Waals surface area contributed by atoms with E-state index in [-0.39, 0.29) is 35.6 Å². The Kier molecular flexibility index (Phi) is 6.75. The summed E-state index contributed by atoms with van der Waals surface area (Å²) in [5, 5.41) is 8.95. The summed E-state index contributed by atoms with van der Waals surface area (Å²) in [7, 11) is -3.79. The van der Waals surface area contributed by atoms with Gasteiger partial charge in [-0.2, -0.15) is 13.5 Å². The molecule has 10 heteroatoms. The molecule has 0 saturated heterocycles. The molecular weight excluding hydrogens is 531 g/mol. The van der Waals surface area contributed by atoms with Gasteiger partial charge in [0.1, 0.15) is 10.7 Å². The highest BCUT2D eigenvalue weighted by Crippen LogP contribution is 2.27. The maximum Gasteiger partial charge on any atom is 0.285 e. The van der Waals surface area contributed by atoms with E-state index in [4.69, 9.17) is 4.42 Å². The molecule has 0 bridgehead atoms. The van der Waals surface area contributed by atoms with Crippen LogP contribution in [0, 0.1) is 3.77 Å². The number of carbonyl (C=O) groups is 1. The van der Waals surface area contributed by atoms with E-state index in [0.29, 0.717) is 15.1 Å². The third kappa shape index (κ3) is 5.35. The number of halogens is 1. The van der Waals surface area contributed by atoms with Gasteiger partial charge in [-0.3, -0.25) is 4.79 Å². The van der Waals surface area contributed by atoms with Crippen molar-refractivity contribution in [3.8, 4) is 0 Å². The molecular formula is C21H23IN4O4S. The van der Waals surface area contributed by atoms with Crippen LogP contribution in [0.1, 0.15) is 49.8 Å². The van der Waals surface area contributed by atoms with Crippen LogP contribution in [0.15, 0.2) is 55.2 Å². The average Bonchev–Trinajstić information content (AvgIpc) is 3.29. The second-order valence-electron chi connectivity index (χ2n) is 7.55. The van der Waals surface area contributed by atoms with Gasteiger partial charge >= 0.3 is 0 Å². The van der Waals surface area contributed by atoms with Crippen LogP contribution in [0.25, 0.3) is 0 Å². The molecule has 2 heterocycles. The van der Waals surface area contributed by atoms with Crippen molar-refractivity contribution in [2.45, 2.75) is 49.5 Å². The second kappa shape index (κ2) is 9.51. The summed E-state index contributed by atoms with van der Waals surface area (Å²) in [5.41, 5.74) is 0.473. The molecule has 1 amide bonds. The van der Waals surface area contributed by atoms with Gasteiger partial charge in [-0.1, -0.05) is 31.4 Å². The van der Waals surface area contributed by atoms with Crippen LogP contribution in [0.3, 0.4) is 0 Å². The molecule has 31 heavy (non-hydrogen) atoms. The highest BCUT2D eigenvalue weighted by Gasteiger charge is 2.32. The van der Waals surface area contributed by atoms with E-state index < -0.39 is 10.0 Å². The number of rotatable bonds is 6. The van der Waals surface area contributed by atoms with E-state index >= 15 is 0 Å². The molecule has 1 aromatic carbocycles. The SMILES string of the molecule is O=C(CCN(/N=C/c1ccc(I)o1)C1=NS(=O)(=O)c2ccccc21)NC1CCCCC1. The topological polar surface area (TPSA) is 104 Å². The third-order valence-electron chi connectivity index (χ3n) is 5.30. The summed E-state index contributed by atoms with van der Waals surface area (Å²) in [6, 6.07) is 10.4. The first-order valence-corrected chi connectivity index (χ1v) is 12.7. The highest BCUT2D eigenvalue weighted by molar-refractivity contribution is 14.1. The van der Waals surface area contributed by atoms with Gasteiger partial charge in [-0.05, 0) is 59.7 Å². The lowest BCUT2D eigenvalue weighted by molar-refractivity contribution is -0.122. The Balaban J connectivity index is 1.54. The standard InChI is InChI=1S/C21H23IN4O4S/c22-19-11-10-16(30-19)14-23-26(13-12-20(27)24-15-6-2-1-3-7-15)21-17-8-4-5-9-18(17)31(28,29)25-21/h4-5,8-11,14-15H,1-3,6-7,12-13H2,(H,24,27)/b23-14+. The number of nitrogens with one attached hydrogen (secondary N) is 1. The van der Waals surface area contributed by atoms with Gasteiger partial charge in [0.25, 0.3) is 10.0 Å².